The summed E-state index contributed by atoms with van der Waals surface area (Å²) in [5.41, 5.74) is 2.20. The van der Waals surface area contributed by atoms with Gasteiger partial charge in [-0.1, -0.05) is 39.0 Å². The van der Waals surface area contributed by atoms with Crippen molar-refractivity contribution in [2.24, 2.45) is 28.6 Å². The molecule has 4 atom stereocenters. The Bertz CT molecular complexity index is 310. The quantitative estimate of drug-likeness (QED) is 0.583. The number of hydrogen-bond acceptors (Lipinski definition) is 0. The van der Waals surface area contributed by atoms with Crippen molar-refractivity contribution in [2.75, 3.05) is 0 Å². The predicted octanol–water partition coefficient (Wildman–Crippen LogP) is 4.44. The van der Waals surface area contributed by atoms with Gasteiger partial charge in [-0.3, -0.25) is 0 Å². The summed E-state index contributed by atoms with van der Waals surface area (Å²) in [4.78, 5) is 0. The fourth-order valence-corrected chi connectivity index (χ4v) is 4.13. The molecule has 2 aliphatic rings. The van der Waals surface area contributed by atoms with E-state index in [-0.39, 0.29) is 0 Å². The highest BCUT2D eigenvalue weighted by molar-refractivity contribution is 5.24. The lowest BCUT2D eigenvalue weighted by atomic mass is 9.65. The summed E-state index contributed by atoms with van der Waals surface area (Å²) in [6.07, 6.45) is 4.85. The van der Waals surface area contributed by atoms with E-state index in [1.54, 1.807) is 0 Å². The van der Waals surface area contributed by atoms with Crippen molar-refractivity contribution in [3.8, 4) is 0 Å². The van der Waals surface area contributed by atoms with E-state index in [1.165, 1.54) is 18.4 Å². The normalized spacial score (nSPS) is 46.8. The summed E-state index contributed by atoms with van der Waals surface area (Å²) in [7, 11) is 0. The van der Waals surface area contributed by atoms with Crippen molar-refractivity contribution in [1.82, 2.24) is 0 Å². The van der Waals surface area contributed by atoms with E-state index in [0.717, 1.165) is 11.8 Å². The minimum Gasteiger partial charge on any atom is -0.103 e. The molecule has 0 heterocycles. The highest BCUT2D eigenvalue weighted by Crippen LogP contribution is 2.71. The average Bonchev–Trinajstić information content (AvgIpc) is 2.68. The van der Waals surface area contributed by atoms with Crippen LogP contribution in [-0.4, -0.2) is 0 Å². The van der Waals surface area contributed by atoms with E-state index in [1.807, 2.05) is 0 Å². The maximum Gasteiger partial charge on any atom is -0.00809 e. The molecule has 0 aromatic rings. The standard InChI is InChI=1S/C15H24/c1-7-15(6)9-8-11-13(14(11,4)5)12(15)10(2)3/h7,11-13H,1-2,8-9H2,3-6H3/t11-,12+,13-,15+/m0/s1. The molecule has 0 spiro atoms. The third-order valence-electron chi connectivity index (χ3n) is 5.20. The van der Waals surface area contributed by atoms with Crippen LogP contribution in [-0.2, 0) is 0 Å². The predicted molar refractivity (Wildman–Crippen MR) is 66.6 cm³/mol. The minimum atomic E-state index is 0.292. The maximum atomic E-state index is 4.22. The Balaban J connectivity index is 2.34. The zero-order valence-corrected chi connectivity index (χ0v) is 10.6. The molecule has 0 N–H and O–H groups in total. The van der Waals surface area contributed by atoms with Gasteiger partial charge in [0, 0.05) is 0 Å². The molecule has 2 fully saturated rings. The van der Waals surface area contributed by atoms with E-state index < -0.39 is 0 Å². The highest BCUT2D eigenvalue weighted by Gasteiger charge is 2.65. The molecule has 0 radical (unpaired) electrons. The van der Waals surface area contributed by atoms with Gasteiger partial charge in [0.05, 0.1) is 0 Å². The van der Waals surface area contributed by atoms with Gasteiger partial charge in [0.2, 0.25) is 0 Å². The summed E-state index contributed by atoms with van der Waals surface area (Å²) in [5, 5.41) is 0. The van der Waals surface area contributed by atoms with E-state index >= 15 is 0 Å². The summed E-state index contributed by atoms with van der Waals surface area (Å²) >= 11 is 0. The second kappa shape index (κ2) is 2.99. The van der Waals surface area contributed by atoms with E-state index in [0.29, 0.717) is 16.7 Å². The Labute approximate surface area is 94.5 Å². The van der Waals surface area contributed by atoms with Crippen LogP contribution < -0.4 is 0 Å². The van der Waals surface area contributed by atoms with Crippen LogP contribution in [0.3, 0.4) is 0 Å². The Kier molecular flexibility index (Phi) is 2.19. The van der Waals surface area contributed by atoms with Gasteiger partial charge in [-0.15, -0.1) is 6.58 Å². The second-order valence-electron chi connectivity index (χ2n) is 6.53. The lowest BCUT2D eigenvalue weighted by Crippen LogP contribution is -2.31. The lowest BCUT2D eigenvalue weighted by molar-refractivity contribution is 0.187. The van der Waals surface area contributed by atoms with Crippen LogP contribution >= 0.6 is 0 Å². The smallest absolute Gasteiger partial charge is 0.00809 e. The first-order valence-electron chi connectivity index (χ1n) is 6.13. The molecule has 0 saturated heterocycles. The van der Waals surface area contributed by atoms with Crippen molar-refractivity contribution in [2.45, 2.75) is 40.5 Å². The van der Waals surface area contributed by atoms with Gasteiger partial charge >= 0.3 is 0 Å². The molecule has 0 aromatic heterocycles. The number of rotatable bonds is 2. The Morgan fingerprint density at radius 2 is 1.93 bits per heavy atom. The van der Waals surface area contributed by atoms with Gasteiger partial charge in [-0.25, -0.2) is 0 Å². The topological polar surface area (TPSA) is 0 Å². The molecule has 0 nitrogen and oxygen atoms in total. The van der Waals surface area contributed by atoms with Crippen LogP contribution in [0.4, 0.5) is 0 Å². The SMILES string of the molecule is C=C[C@]1(C)CC[C@H]2[C@@H]([C@H]1C(=C)C)C2(C)C. The molecule has 0 heteroatoms. The van der Waals surface area contributed by atoms with Gasteiger partial charge in [-0.05, 0) is 48.3 Å². The summed E-state index contributed by atoms with van der Waals surface area (Å²) in [6.45, 7) is 17.7. The Morgan fingerprint density at radius 1 is 1.33 bits per heavy atom. The molecule has 2 saturated carbocycles. The fourth-order valence-electron chi connectivity index (χ4n) is 4.13. The molecular weight excluding hydrogens is 180 g/mol. The molecule has 0 aliphatic heterocycles. The molecule has 0 amide bonds. The van der Waals surface area contributed by atoms with Crippen molar-refractivity contribution in [1.29, 1.82) is 0 Å². The van der Waals surface area contributed by atoms with E-state index in [9.17, 15) is 0 Å². The number of fused-ring (bicyclic) bond motifs is 1. The molecule has 2 rings (SSSR count). The van der Waals surface area contributed by atoms with Gasteiger partial charge in [0.25, 0.3) is 0 Å². The maximum absolute atomic E-state index is 4.22. The van der Waals surface area contributed by atoms with Crippen LogP contribution in [0.2, 0.25) is 0 Å². The van der Waals surface area contributed by atoms with Crippen molar-refractivity contribution in [3.63, 3.8) is 0 Å². The number of allylic oxidation sites excluding steroid dienone is 2. The molecule has 2 aliphatic carbocycles. The first-order valence-corrected chi connectivity index (χ1v) is 6.13. The van der Waals surface area contributed by atoms with Crippen LogP contribution in [0, 0.1) is 28.6 Å². The van der Waals surface area contributed by atoms with Crippen molar-refractivity contribution in [3.05, 3.63) is 24.8 Å². The van der Waals surface area contributed by atoms with Gasteiger partial charge in [-0.2, -0.15) is 0 Å². The average molecular weight is 204 g/mol. The first kappa shape index (κ1) is 11.0. The van der Waals surface area contributed by atoms with Crippen LogP contribution in [0.1, 0.15) is 40.5 Å². The Morgan fingerprint density at radius 3 is 2.40 bits per heavy atom. The molecule has 0 aromatic carbocycles. The van der Waals surface area contributed by atoms with Crippen molar-refractivity contribution >= 4 is 0 Å². The zero-order chi connectivity index (χ0) is 11.4. The summed E-state index contributed by atoms with van der Waals surface area (Å²) < 4.78 is 0. The molecule has 84 valence electrons. The zero-order valence-electron chi connectivity index (χ0n) is 10.6. The second-order valence-corrected chi connectivity index (χ2v) is 6.53. The van der Waals surface area contributed by atoms with Gasteiger partial charge < -0.3 is 0 Å². The van der Waals surface area contributed by atoms with Crippen LogP contribution in [0.25, 0.3) is 0 Å². The summed E-state index contributed by atoms with van der Waals surface area (Å²) in [6, 6.07) is 0. The lowest BCUT2D eigenvalue weighted by Gasteiger charge is -2.40. The molecule has 15 heavy (non-hydrogen) atoms. The van der Waals surface area contributed by atoms with E-state index in [4.69, 9.17) is 0 Å². The first-order chi connectivity index (χ1) is 6.84. The van der Waals surface area contributed by atoms with Crippen LogP contribution in [0.15, 0.2) is 24.8 Å². The van der Waals surface area contributed by atoms with Gasteiger partial charge in [0.1, 0.15) is 0 Å². The number of hydrogen-bond donors (Lipinski definition) is 0. The molecular formula is C15H24. The van der Waals surface area contributed by atoms with Crippen LogP contribution in [0.5, 0.6) is 0 Å². The molecule has 0 bridgehead atoms. The Hall–Kier alpha value is -0.520. The highest BCUT2D eigenvalue weighted by atomic mass is 14.7. The largest absolute Gasteiger partial charge is 0.103 e. The molecule has 0 unspecified atom stereocenters. The third kappa shape index (κ3) is 1.33. The monoisotopic (exact) mass is 204 g/mol. The minimum absolute atomic E-state index is 0.292. The van der Waals surface area contributed by atoms with E-state index in [2.05, 4.69) is 46.9 Å². The van der Waals surface area contributed by atoms with Crippen molar-refractivity contribution < 1.29 is 0 Å². The van der Waals surface area contributed by atoms with Gasteiger partial charge in [0.15, 0.2) is 0 Å². The fraction of sp³-hybridized carbons (Fsp3) is 0.733. The third-order valence-corrected chi connectivity index (χ3v) is 5.20. The summed E-state index contributed by atoms with van der Waals surface area (Å²) in [5.74, 6) is 2.45.